The summed E-state index contributed by atoms with van der Waals surface area (Å²) in [5.41, 5.74) is 1.60. The van der Waals surface area contributed by atoms with Gasteiger partial charge in [0.25, 0.3) is 0 Å². The number of aryl methyl sites for hydroxylation is 2. The normalized spacial score (nSPS) is 12.7. The first-order valence-electron chi connectivity index (χ1n) is 5.96. The Balaban J connectivity index is 2.39. The standard InChI is InChI=1S/C13H16FN3S2/c1-7-5-12(19-13-17-16-9(3)18-13)10(6-11(7)14)8(2)15-4/h5-6,8,15H,1-4H3. The van der Waals surface area contributed by atoms with Crippen LogP contribution in [0.5, 0.6) is 0 Å². The molecule has 6 heteroatoms. The minimum Gasteiger partial charge on any atom is -0.313 e. The minimum atomic E-state index is -0.171. The zero-order chi connectivity index (χ0) is 14.0. The molecule has 1 atom stereocenters. The number of rotatable bonds is 4. The van der Waals surface area contributed by atoms with Gasteiger partial charge in [0.1, 0.15) is 10.8 Å². The molecule has 0 aliphatic carbocycles. The summed E-state index contributed by atoms with van der Waals surface area (Å²) >= 11 is 3.09. The van der Waals surface area contributed by atoms with Gasteiger partial charge in [-0.15, -0.1) is 10.2 Å². The topological polar surface area (TPSA) is 37.8 Å². The third-order valence-electron chi connectivity index (χ3n) is 2.90. The first-order valence-corrected chi connectivity index (χ1v) is 7.60. The van der Waals surface area contributed by atoms with Crippen LogP contribution in [-0.2, 0) is 0 Å². The molecule has 19 heavy (non-hydrogen) atoms. The molecule has 0 saturated heterocycles. The summed E-state index contributed by atoms with van der Waals surface area (Å²) in [5.74, 6) is -0.171. The van der Waals surface area contributed by atoms with Crippen molar-refractivity contribution in [3.8, 4) is 0 Å². The van der Waals surface area contributed by atoms with Gasteiger partial charge in [-0.05, 0) is 51.1 Å². The van der Waals surface area contributed by atoms with Crippen molar-refractivity contribution in [1.29, 1.82) is 0 Å². The van der Waals surface area contributed by atoms with Gasteiger partial charge in [-0.3, -0.25) is 0 Å². The van der Waals surface area contributed by atoms with E-state index < -0.39 is 0 Å². The average Bonchev–Trinajstić information content (AvgIpc) is 2.78. The quantitative estimate of drug-likeness (QED) is 0.933. The van der Waals surface area contributed by atoms with E-state index in [1.807, 2.05) is 27.0 Å². The zero-order valence-electron chi connectivity index (χ0n) is 11.3. The van der Waals surface area contributed by atoms with Crippen LogP contribution < -0.4 is 5.32 Å². The van der Waals surface area contributed by atoms with Crippen LogP contribution in [0, 0.1) is 19.7 Å². The molecule has 0 saturated carbocycles. The fourth-order valence-electron chi connectivity index (χ4n) is 1.67. The summed E-state index contributed by atoms with van der Waals surface area (Å²) in [4.78, 5) is 1.02. The summed E-state index contributed by atoms with van der Waals surface area (Å²) in [5, 5.41) is 12.2. The van der Waals surface area contributed by atoms with Crippen molar-refractivity contribution in [3.63, 3.8) is 0 Å². The van der Waals surface area contributed by atoms with Crippen LogP contribution in [-0.4, -0.2) is 17.2 Å². The van der Waals surface area contributed by atoms with Crippen LogP contribution in [0.4, 0.5) is 4.39 Å². The molecule has 1 heterocycles. The van der Waals surface area contributed by atoms with Gasteiger partial charge in [0.2, 0.25) is 0 Å². The lowest BCUT2D eigenvalue weighted by molar-refractivity contribution is 0.594. The fraction of sp³-hybridized carbons (Fsp3) is 0.385. The van der Waals surface area contributed by atoms with Gasteiger partial charge in [0.05, 0.1) is 0 Å². The lowest BCUT2D eigenvalue weighted by atomic mass is 10.1. The predicted molar refractivity (Wildman–Crippen MR) is 77.4 cm³/mol. The highest BCUT2D eigenvalue weighted by molar-refractivity contribution is 8.01. The van der Waals surface area contributed by atoms with E-state index in [1.165, 1.54) is 11.8 Å². The van der Waals surface area contributed by atoms with Crippen LogP contribution in [0.15, 0.2) is 21.4 Å². The molecular formula is C13H16FN3S2. The molecule has 1 aromatic heterocycles. The molecule has 102 valence electrons. The van der Waals surface area contributed by atoms with Crippen molar-refractivity contribution in [3.05, 3.63) is 34.1 Å². The molecule has 1 aromatic carbocycles. The Bertz CT molecular complexity index is 583. The number of halogens is 1. The Hall–Kier alpha value is -0.980. The molecule has 0 fully saturated rings. The van der Waals surface area contributed by atoms with Crippen molar-refractivity contribution in [2.75, 3.05) is 7.05 Å². The maximum absolute atomic E-state index is 13.7. The number of nitrogens with one attached hydrogen (secondary N) is 1. The van der Waals surface area contributed by atoms with Gasteiger partial charge in [-0.1, -0.05) is 23.1 Å². The minimum absolute atomic E-state index is 0.0895. The van der Waals surface area contributed by atoms with Crippen LogP contribution >= 0.6 is 23.1 Å². The highest BCUT2D eigenvalue weighted by Crippen LogP contribution is 2.36. The number of aromatic nitrogens is 2. The molecule has 1 N–H and O–H groups in total. The van der Waals surface area contributed by atoms with Crippen molar-refractivity contribution in [2.24, 2.45) is 0 Å². The summed E-state index contributed by atoms with van der Waals surface area (Å²) in [6, 6.07) is 3.57. The van der Waals surface area contributed by atoms with E-state index in [9.17, 15) is 4.39 Å². The number of hydrogen-bond donors (Lipinski definition) is 1. The monoisotopic (exact) mass is 297 g/mol. The third kappa shape index (κ3) is 3.32. The number of nitrogens with zero attached hydrogens (tertiary/aromatic N) is 2. The fourth-order valence-corrected chi connectivity index (χ4v) is 3.74. The second kappa shape index (κ2) is 5.98. The zero-order valence-corrected chi connectivity index (χ0v) is 13.0. The Kier molecular flexibility index (Phi) is 4.54. The van der Waals surface area contributed by atoms with Gasteiger partial charge < -0.3 is 5.32 Å². The molecule has 3 nitrogen and oxygen atoms in total. The molecule has 0 aliphatic rings. The second-order valence-electron chi connectivity index (χ2n) is 4.34. The maximum Gasteiger partial charge on any atom is 0.179 e. The molecule has 0 spiro atoms. The van der Waals surface area contributed by atoms with E-state index in [2.05, 4.69) is 15.5 Å². The number of hydrogen-bond acceptors (Lipinski definition) is 5. The van der Waals surface area contributed by atoms with Gasteiger partial charge in [-0.2, -0.15) is 0 Å². The molecule has 0 aliphatic heterocycles. The van der Waals surface area contributed by atoms with Crippen molar-refractivity contribution >= 4 is 23.1 Å². The summed E-state index contributed by atoms with van der Waals surface area (Å²) in [6.45, 7) is 5.72. The Morgan fingerprint density at radius 3 is 2.63 bits per heavy atom. The van der Waals surface area contributed by atoms with E-state index in [0.29, 0.717) is 5.56 Å². The molecular weight excluding hydrogens is 281 g/mol. The van der Waals surface area contributed by atoms with E-state index in [-0.39, 0.29) is 11.9 Å². The smallest absolute Gasteiger partial charge is 0.179 e. The summed E-state index contributed by atoms with van der Waals surface area (Å²) < 4.78 is 14.6. The van der Waals surface area contributed by atoms with Crippen LogP contribution in [0.3, 0.4) is 0 Å². The SMILES string of the molecule is CNC(C)c1cc(F)c(C)cc1Sc1nnc(C)s1. The van der Waals surface area contributed by atoms with Gasteiger partial charge in [0.15, 0.2) is 4.34 Å². The van der Waals surface area contributed by atoms with E-state index in [1.54, 1.807) is 24.3 Å². The summed E-state index contributed by atoms with van der Waals surface area (Å²) in [6.07, 6.45) is 0. The number of benzene rings is 1. The van der Waals surface area contributed by atoms with Crippen LogP contribution in [0.25, 0.3) is 0 Å². The van der Waals surface area contributed by atoms with Crippen molar-refractivity contribution < 1.29 is 4.39 Å². The first-order chi connectivity index (χ1) is 9.01. The van der Waals surface area contributed by atoms with E-state index in [0.717, 1.165) is 19.8 Å². The lowest BCUT2D eigenvalue weighted by Gasteiger charge is -2.16. The van der Waals surface area contributed by atoms with E-state index in [4.69, 9.17) is 0 Å². The molecule has 2 aromatic rings. The highest BCUT2D eigenvalue weighted by atomic mass is 32.2. The van der Waals surface area contributed by atoms with Crippen molar-refractivity contribution in [2.45, 2.75) is 36.0 Å². The molecule has 0 radical (unpaired) electrons. The summed E-state index contributed by atoms with van der Waals surface area (Å²) in [7, 11) is 1.87. The molecule has 0 amide bonds. The highest BCUT2D eigenvalue weighted by Gasteiger charge is 2.15. The first kappa shape index (κ1) is 14.4. The molecule has 0 bridgehead atoms. The lowest BCUT2D eigenvalue weighted by Crippen LogP contribution is -2.13. The van der Waals surface area contributed by atoms with Crippen molar-refractivity contribution in [1.82, 2.24) is 15.5 Å². The third-order valence-corrected chi connectivity index (χ3v) is 4.86. The maximum atomic E-state index is 13.7. The van der Waals surface area contributed by atoms with Gasteiger partial charge in [0, 0.05) is 10.9 Å². The Morgan fingerprint density at radius 1 is 1.32 bits per heavy atom. The van der Waals surface area contributed by atoms with Crippen LogP contribution in [0.2, 0.25) is 0 Å². The second-order valence-corrected chi connectivity index (χ2v) is 6.81. The molecule has 1 unspecified atom stereocenters. The van der Waals surface area contributed by atoms with E-state index >= 15 is 0 Å². The Morgan fingerprint density at radius 2 is 2.05 bits per heavy atom. The average molecular weight is 297 g/mol. The van der Waals surface area contributed by atoms with Crippen LogP contribution in [0.1, 0.15) is 29.1 Å². The predicted octanol–water partition coefficient (Wildman–Crippen LogP) is 3.73. The largest absolute Gasteiger partial charge is 0.313 e. The van der Waals surface area contributed by atoms with Gasteiger partial charge in [-0.25, -0.2) is 4.39 Å². The Labute approximate surface area is 120 Å². The van der Waals surface area contributed by atoms with Gasteiger partial charge >= 0.3 is 0 Å². The molecule has 2 rings (SSSR count).